The molecular formula is C13H27NO. The normalized spacial score (nSPS) is 23.2. The summed E-state index contributed by atoms with van der Waals surface area (Å²) in [7, 11) is 0. The van der Waals surface area contributed by atoms with Crippen LogP contribution in [-0.4, -0.2) is 25.3 Å². The molecule has 1 aliphatic rings. The van der Waals surface area contributed by atoms with Crippen molar-refractivity contribution in [3.8, 4) is 0 Å². The number of ether oxygens (including phenoxy) is 1. The summed E-state index contributed by atoms with van der Waals surface area (Å²) in [5, 5.41) is 3.60. The fourth-order valence-electron chi connectivity index (χ4n) is 2.26. The molecule has 2 unspecified atom stereocenters. The maximum Gasteiger partial charge on any atom is 0.0576 e. The zero-order valence-electron chi connectivity index (χ0n) is 10.4. The van der Waals surface area contributed by atoms with Crippen LogP contribution in [0.3, 0.4) is 0 Å². The van der Waals surface area contributed by atoms with Crippen molar-refractivity contribution in [3.63, 3.8) is 0 Å². The van der Waals surface area contributed by atoms with E-state index in [2.05, 4.69) is 19.2 Å². The predicted molar refractivity (Wildman–Crippen MR) is 65.2 cm³/mol. The average Bonchev–Trinajstić information content (AvgIpc) is 2.76. The molecule has 1 aliphatic heterocycles. The first-order valence-electron chi connectivity index (χ1n) is 6.71. The van der Waals surface area contributed by atoms with Crippen LogP contribution in [0.5, 0.6) is 0 Å². The first-order chi connectivity index (χ1) is 7.36. The quantitative estimate of drug-likeness (QED) is 0.669. The molecule has 0 aromatic carbocycles. The van der Waals surface area contributed by atoms with Crippen LogP contribution < -0.4 is 5.32 Å². The molecule has 2 atom stereocenters. The molecule has 0 spiro atoms. The smallest absolute Gasteiger partial charge is 0.0576 e. The summed E-state index contributed by atoms with van der Waals surface area (Å²) in [6, 6.07) is 0.728. The van der Waals surface area contributed by atoms with Gasteiger partial charge in [0.25, 0.3) is 0 Å². The molecule has 1 saturated heterocycles. The van der Waals surface area contributed by atoms with Gasteiger partial charge in [0, 0.05) is 12.6 Å². The molecule has 0 saturated carbocycles. The highest BCUT2D eigenvalue weighted by Gasteiger charge is 2.15. The molecule has 15 heavy (non-hydrogen) atoms. The van der Waals surface area contributed by atoms with Gasteiger partial charge in [0.05, 0.1) is 6.10 Å². The summed E-state index contributed by atoms with van der Waals surface area (Å²) in [5.41, 5.74) is 0. The third-order valence-corrected chi connectivity index (χ3v) is 3.28. The molecule has 0 aromatic rings. The Labute approximate surface area is 94.8 Å². The van der Waals surface area contributed by atoms with Crippen LogP contribution in [0, 0.1) is 0 Å². The van der Waals surface area contributed by atoms with Crippen molar-refractivity contribution < 1.29 is 4.74 Å². The largest absolute Gasteiger partial charge is 0.378 e. The Kier molecular flexibility index (Phi) is 7.03. The third kappa shape index (κ3) is 5.53. The minimum Gasteiger partial charge on any atom is -0.378 e. The van der Waals surface area contributed by atoms with Gasteiger partial charge in [-0.1, -0.05) is 13.8 Å². The maximum atomic E-state index is 5.63. The van der Waals surface area contributed by atoms with Crippen LogP contribution in [0.1, 0.15) is 58.8 Å². The molecule has 0 amide bonds. The Morgan fingerprint density at radius 3 is 2.87 bits per heavy atom. The maximum absolute atomic E-state index is 5.63. The van der Waals surface area contributed by atoms with Crippen molar-refractivity contribution in [1.82, 2.24) is 5.32 Å². The third-order valence-electron chi connectivity index (χ3n) is 3.28. The number of nitrogens with one attached hydrogen (secondary N) is 1. The topological polar surface area (TPSA) is 21.3 Å². The molecule has 0 aliphatic carbocycles. The van der Waals surface area contributed by atoms with Gasteiger partial charge < -0.3 is 10.1 Å². The second-order valence-electron chi connectivity index (χ2n) is 4.63. The van der Waals surface area contributed by atoms with Crippen molar-refractivity contribution in [2.75, 3.05) is 13.2 Å². The van der Waals surface area contributed by atoms with Crippen LogP contribution in [0.15, 0.2) is 0 Å². The van der Waals surface area contributed by atoms with Gasteiger partial charge in [0.2, 0.25) is 0 Å². The Bertz CT molecular complexity index is 143. The zero-order chi connectivity index (χ0) is 10.9. The van der Waals surface area contributed by atoms with E-state index in [0.717, 1.165) is 12.6 Å². The Hall–Kier alpha value is -0.0800. The summed E-state index contributed by atoms with van der Waals surface area (Å²) < 4.78 is 5.63. The van der Waals surface area contributed by atoms with E-state index in [1.807, 2.05) is 0 Å². The van der Waals surface area contributed by atoms with E-state index in [1.165, 1.54) is 51.5 Å². The van der Waals surface area contributed by atoms with Crippen molar-refractivity contribution in [1.29, 1.82) is 0 Å². The molecule has 0 aromatic heterocycles. The van der Waals surface area contributed by atoms with Crippen molar-refractivity contribution in [3.05, 3.63) is 0 Å². The van der Waals surface area contributed by atoms with Gasteiger partial charge in [-0.05, 0) is 51.5 Å². The molecule has 0 bridgehead atoms. The second-order valence-corrected chi connectivity index (χ2v) is 4.63. The summed E-state index contributed by atoms with van der Waals surface area (Å²) in [6.45, 7) is 6.67. The fraction of sp³-hybridized carbons (Fsp3) is 1.00. The molecule has 1 N–H and O–H groups in total. The summed E-state index contributed by atoms with van der Waals surface area (Å²) in [5.74, 6) is 0. The lowest BCUT2D eigenvalue weighted by Gasteiger charge is -2.17. The Balaban J connectivity index is 2.00. The lowest BCUT2D eigenvalue weighted by Crippen LogP contribution is -2.29. The number of rotatable bonds is 8. The highest BCUT2D eigenvalue weighted by molar-refractivity contribution is 4.69. The number of hydrogen-bond donors (Lipinski definition) is 1. The zero-order valence-corrected chi connectivity index (χ0v) is 10.4. The molecule has 0 radical (unpaired) electrons. The molecule has 1 fully saturated rings. The monoisotopic (exact) mass is 213 g/mol. The number of hydrogen-bond acceptors (Lipinski definition) is 2. The first kappa shape index (κ1) is 13.0. The minimum atomic E-state index is 0.577. The summed E-state index contributed by atoms with van der Waals surface area (Å²) in [4.78, 5) is 0. The molecule has 2 nitrogen and oxygen atoms in total. The van der Waals surface area contributed by atoms with E-state index in [9.17, 15) is 0 Å². The van der Waals surface area contributed by atoms with Gasteiger partial charge in [-0.25, -0.2) is 0 Å². The molecule has 1 rings (SSSR count). The first-order valence-corrected chi connectivity index (χ1v) is 6.71. The van der Waals surface area contributed by atoms with E-state index < -0.39 is 0 Å². The SMILES string of the molecule is CCCNC(CC)CCCC1CCCO1. The van der Waals surface area contributed by atoms with Crippen LogP contribution in [0.25, 0.3) is 0 Å². The lowest BCUT2D eigenvalue weighted by atomic mass is 10.0. The van der Waals surface area contributed by atoms with Crippen LogP contribution in [0.2, 0.25) is 0 Å². The van der Waals surface area contributed by atoms with Crippen molar-refractivity contribution >= 4 is 0 Å². The molecule has 2 heteroatoms. The van der Waals surface area contributed by atoms with E-state index >= 15 is 0 Å². The van der Waals surface area contributed by atoms with Gasteiger partial charge in [0.15, 0.2) is 0 Å². The van der Waals surface area contributed by atoms with Crippen molar-refractivity contribution in [2.45, 2.75) is 70.9 Å². The Morgan fingerprint density at radius 2 is 2.27 bits per heavy atom. The second kappa shape index (κ2) is 8.12. The summed E-state index contributed by atoms with van der Waals surface area (Å²) in [6.07, 6.45) is 9.54. The van der Waals surface area contributed by atoms with Gasteiger partial charge in [-0.2, -0.15) is 0 Å². The van der Waals surface area contributed by atoms with Gasteiger partial charge in [0.1, 0.15) is 0 Å². The van der Waals surface area contributed by atoms with E-state index in [0.29, 0.717) is 6.10 Å². The van der Waals surface area contributed by atoms with E-state index in [-0.39, 0.29) is 0 Å². The lowest BCUT2D eigenvalue weighted by molar-refractivity contribution is 0.101. The highest BCUT2D eigenvalue weighted by Crippen LogP contribution is 2.18. The highest BCUT2D eigenvalue weighted by atomic mass is 16.5. The molecule has 1 heterocycles. The van der Waals surface area contributed by atoms with Gasteiger partial charge in [-0.15, -0.1) is 0 Å². The summed E-state index contributed by atoms with van der Waals surface area (Å²) >= 11 is 0. The van der Waals surface area contributed by atoms with Crippen LogP contribution in [-0.2, 0) is 4.74 Å². The van der Waals surface area contributed by atoms with Crippen LogP contribution >= 0.6 is 0 Å². The van der Waals surface area contributed by atoms with Gasteiger partial charge in [-0.3, -0.25) is 0 Å². The average molecular weight is 213 g/mol. The molecule has 90 valence electrons. The molecular weight excluding hydrogens is 186 g/mol. The minimum absolute atomic E-state index is 0.577. The van der Waals surface area contributed by atoms with E-state index in [4.69, 9.17) is 4.74 Å². The standard InChI is InChI=1S/C13H27NO/c1-3-10-14-12(4-2)7-5-8-13-9-6-11-15-13/h12-14H,3-11H2,1-2H3. The Morgan fingerprint density at radius 1 is 1.40 bits per heavy atom. The van der Waals surface area contributed by atoms with Crippen molar-refractivity contribution in [2.24, 2.45) is 0 Å². The van der Waals surface area contributed by atoms with Crippen LogP contribution in [0.4, 0.5) is 0 Å². The van der Waals surface area contributed by atoms with Gasteiger partial charge >= 0.3 is 0 Å². The van der Waals surface area contributed by atoms with E-state index in [1.54, 1.807) is 0 Å². The predicted octanol–water partition coefficient (Wildman–Crippen LogP) is 3.11. The fourth-order valence-corrected chi connectivity index (χ4v) is 2.26.